The van der Waals surface area contributed by atoms with Gasteiger partial charge in [-0.25, -0.2) is 8.78 Å². The Morgan fingerprint density at radius 3 is 2.43 bits per heavy atom. The van der Waals surface area contributed by atoms with Crippen LogP contribution in [0.5, 0.6) is 5.75 Å². The predicted octanol–water partition coefficient (Wildman–Crippen LogP) is 4.17. The summed E-state index contributed by atoms with van der Waals surface area (Å²) in [6.07, 6.45) is -2.50. The lowest BCUT2D eigenvalue weighted by Gasteiger charge is -2.11. The van der Waals surface area contributed by atoms with Gasteiger partial charge in [0, 0.05) is 10.0 Å². The molecule has 4 heteroatoms. The van der Waals surface area contributed by atoms with Crippen LogP contribution in [0, 0.1) is 0 Å². The SMILES string of the molecule is CC(C)Oc1ccc(Br)c(C(F)F)c1. The fourth-order valence-corrected chi connectivity index (χ4v) is 1.45. The van der Waals surface area contributed by atoms with Crippen molar-refractivity contribution in [2.75, 3.05) is 0 Å². The first-order valence-electron chi connectivity index (χ1n) is 4.25. The first-order chi connectivity index (χ1) is 6.50. The van der Waals surface area contributed by atoms with E-state index in [0.29, 0.717) is 10.2 Å². The lowest BCUT2D eigenvalue weighted by Crippen LogP contribution is -2.05. The van der Waals surface area contributed by atoms with Crippen LogP contribution in [-0.4, -0.2) is 6.10 Å². The van der Waals surface area contributed by atoms with Crippen LogP contribution < -0.4 is 4.74 Å². The first kappa shape index (κ1) is 11.4. The molecule has 0 bridgehead atoms. The molecule has 1 rings (SSSR count). The molecule has 0 spiro atoms. The Hall–Kier alpha value is -0.640. The fraction of sp³-hybridized carbons (Fsp3) is 0.400. The highest BCUT2D eigenvalue weighted by Crippen LogP contribution is 2.30. The van der Waals surface area contributed by atoms with Crippen molar-refractivity contribution in [1.29, 1.82) is 0 Å². The van der Waals surface area contributed by atoms with Crippen molar-refractivity contribution < 1.29 is 13.5 Å². The van der Waals surface area contributed by atoms with Crippen molar-refractivity contribution in [3.05, 3.63) is 28.2 Å². The molecule has 0 saturated carbocycles. The van der Waals surface area contributed by atoms with Gasteiger partial charge in [0.05, 0.1) is 6.10 Å². The molecule has 14 heavy (non-hydrogen) atoms. The van der Waals surface area contributed by atoms with Gasteiger partial charge in [0.15, 0.2) is 0 Å². The molecule has 0 heterocycles. The second kappa shape index (κ2) is 4.73. The molecular weight excluding hydrogens is 254 g/mol. The van der Waals surface area contributed by atoms with Crippen LogP contribution >= 0.6 is 15.9 Å². The largest absolute Gasteiger partial charge is 0.491 e. The summed E-state index contributed by atoms with van der Waals surface area (Å²) < 4.78 is 30.6. The van der Waals surface area contributed by atoms with Crippen molar-refractivity contribution in [1.82, 2.24) is 0 Å². The summed E-state index contributed by atoms with van der Waals surface area (Å²) >= 11 is 3.06. The topological polar surface area (TPSA) is 9.23 Å². The second-order valence-corrected chi connectivity index (χ2v) is 4.00. The lowest BCUT2D eigenvalue weighted by atomic mass is 10.2. The smallest absolute Gasteiger partial charge is 0.265 e. The molecule has 1 nitrogen and oxygen atoms in total. The predicted molar refractivity (Wildman–Crippen MR) is 54.9 cm³/mol. The molecule has 78 valence electrons. The molecule has 0 atom stereocenters. The summed E-state index contributed by atoms with van der Waals surface area (Å²) in [7, 11) is 0. The summed E-state index contributed by atoms with van der Waals surface area (Å²) in [5, 5.41) is 0. The van der Waals surface area contributed by atoms with E-state index in [2.05, 4.69) is 15.9 Å². The monoisotopic (exact) mass is 264 g/mol. The van der Waals surface area contributed by atoms with E-state index in [9.17, 15) is 8.78 Å². The summed E-state index contributed by atoms with van der Waals surface area (Å²) in [5.74, 6) is 0.471. The van der Waals surface area contributed by atoms with Crippen molar-refractivity contribution in [2.24, 2.45) is 0 Å². The Morgan fingerprint density at radius 2 is 1.93 bits per heavy atom. The van der Waals surface area contributed by atoms with Gasteiger partial charge in [0.2, 0.25) is 0 Å². The van der Waals surface area contributed by atoms with E-state index in [1.807, 2.05) is 13.8 Å². The Balaban J connectivity index is 2.94. The highest BCUT2D eigenvalue weighted by molar-refractivity contribution is 9.10. The zero-order valence-corrected chi connectivity index (χ0v) is 9.51. The van der Waals surface area contributed by atoms with Crippen LogP contribution in [-0.2, 0) is 0 Å². The van der Waals surface area contributed by atoms with Crippen LogP contribution in [0.2, 0.25) is 0 Å². The van der Waals surface area contributed by atoms with Gasteiger partial charge in [-0.2, -0.15) is 0 Å². The molecule has 0 amide bonds. The van der Waals surface area contributed by atoms with Crippen molar-refractivity contribution in [3.8, 4) is 5.75 Å². The number of ether oxygens (including phenoxy) is 1. The summed E-state index contributed by atoms with van der Waals surface area (Å²) in [6.45, 7) is 3.70. The molecule has 0 aliphatic carbocycles. The van der Waals surface area contributed by atoms with E-state index in [1.165, 1.54) is 6.07 Å². The lowest BCUT2D eigenvalue weighted by molar-refractivity contribution is 0.149. The summed E-state index contributed by atoms with van der Waals surface area (Å²) in [5.41, 5.74) is -0.0387. The third kappa shape index (κ3) is 2.94. The van der Waals surface area contributed by atoms with Gasteiger partial charge in [0.25, 0.3) is 6.43 Å². The summed E-state index contributed by atoms with van der Waals surface area (Å²) in [4.78, 5) is 0. The molecule has 0 fully saturated rings. The molecular formula is C10H11BrF2O. The molecule has 1 aromatic rings. The highest BCUT2D eigenvalue weighted by atomic mass is 79.9. The molecule has 0 radical (unpaired) electrons. The average molecular weight is 265 g/mol. The molecule has 1 aromatic carbocycles. The minimum absolute atomic E-state index is 0.0123. The maximum atomic E-state index is 12.5. The standard InChI is InChI=1S/C10H11BrF2O/c1-6(2)14-7-3-4-9(11)8(5-7)10(12)13/h3-6,10H,1-2H3. The minimum atomic E-state index is -2.49. The molecule has 0 N–H and O–H groups in total. The normalized spacial score (nSPS) is 11.1. The van der Waals surface area contributed by atoms with Gasteiger partial charge in [-0.3, -0.25) is 0 Å². The maximum absolute atomic E-state index is 12.5. The Kier molecular flexibility index (Phi) is 3.86. The fourth-order valence-electron chi connectivity index (χ4n) is 1.03. The van der Waals surface area contributed by atoms with Crippen LogP contribution in [0.3, 0.4) is 0 Å². The van der Waals surface area contributed by atoms with E-state index in [4.69, 9.17) is 4.74 Å². The Bertz CT molecular complexity index is 313. The number of alkyl halides is 2. The van der Waals surface area contributed by atoms with E-state index in [-0.39, 0.29) is 11.7 Å². The van der Waals surface area contributed by atoms with Gasteiger partial charge in [0.1, 0.15) is 5.75 Å². The minimum Gasteiger partial charge on any atom is -0.491 e. The molecule has 0 aliphatic heterocycles. The van der Waals surface area contributed by atoms with Crippen LogP contribution in [0.1, 0.15) is 25.8 Å². The van der Waals surface area contributed by atoms with Gasteiger partial charge in [-0.15, -0.1) is 0 Å². The third-order valence-corrected chi connectivity index (χ3v) is 2.30. The number of halogens is 3. The molecule has 0 aromatic heterocycles. The van der Waals surface area contributed by atoms with E-state index >= 15 is 0 Å². The molecule has 0 saturated heterocycles. The van der Waals surface area contributed by atoms with E-state index in [1.54, 1.807) is 12.1 Å². The molecule has 0 unspecified atom stereocenters. The maximum Gasteiger partial charge on any atom is 0.265 e. The van der Waals surface area contributed by atoms with Crippen molar-refractivity contribution >= 4 is 15.9 Å². The first-order valence-corrected chi connectivity index (χ1v) is 5.04. The number of benzene rings is 1. The van der Waals surface area contributed by atoms with Crippen LogP contribution in [0.4, 0.5) is 8.78 Å². The van der Waals surface area contributed by atoms with E-state index < -0.39 is 6.43 Å². The summed E-state index contributed by atoms with van der Waals surface area (Å²) in [6, 6.07) is 4.59. The van der Waals surface area contributed by atoms with Crippen molar-refractivity contribution in [2.45, 2.75) is 26.4 Å². The van der Waals surface area contributed by atoms with Crippen LogP contribution in [0.25, 0.3) is 0 Å². The molecule has 0 aliphatic rings. The van der Waals surface area contributed by atoms with Gasteiger partial charge >= 0.3 is 0 Å². The highest BCUT2D eigenvalue weighted by Gasteiger charge is 2.12. The Labute approximate surface area is 90.2 Å². The Morgan fingerprint density at radius 1 is 1.29 bits per heavy atom. The quantitative estimate of drug-likeness (QED) is 0.796. The third-order valence-electron chi connectivity index (χ3n) is 1.57. The zero-order chi connectivity index (χ0) is 10.7. The second-order valence-electron chi connectivity index (χ2n) is 3.15. The van der Waals surface area contributed by atoms with Gasteiger partial charge < -0.3 is 4.74 Å². The van der Waals surface area contributed by atoms with E-state index in [0.717, 1.165) is 0 Å². The van der Waals surface area contributed by atoms with Crippen LogP contribution in [0.15, 0.2) is 22.7 Å². The number of rotatable bonds is 3. The van der Waals surface area contributed by atoms with Gasteiger partial charge in [-0.05, 0) is 32.0 Å². The number of hydrogen-bond donors (Lipinski definition) is 0. The average Bonchev–Trinajstić information content (AvgIpc) is 2.07. The zero-order valence-electron chi connectivity index (χ0n) is 7.93. The number of hydrogen-bond acceptors (Lipinski definition) is 1. The van der Waals surface area contributed by atoms with Gasteiger partial charge in [-0.1, -0.05) is 15.9 Å². The van der Waals surface area contributed by atoms with Crippen molar-refractivity contribution in [3.63, 3.8) is 0 Å².